The number of furan rings is 1. The molecule has 2 heterocycles. The third kappa shape index (κ3) is 2.31. The molecule has 0 unspecified atom stereocenters. The summed E-state index contributed by atoms with van der Waals surface area (Å²) in [6.45, 7) is 0. The summed E-state index contributed by atoms with van der Waals surface area (Å²) in [5, 5.41) is 6.26. The Hall–Kier alpha value is -2.22. The molecule has 2 aromatic heterocycles. The molecule has 1 amide bonds. The van der Waals surface area contributed by atoms with Crippen molar-refractivity contribution in [2.75, 3.05) is 12.4 Å². The number of rotatable bonds is 3. The Balaban J connectivity index is 2.17. The number of esters is 1. The summed E-state index contributed by atoms with van der Waals surface area (Å²) in [6.07, 6.45) is 1.38. The highest BCUT2D eigenvalue weighted by Gasteiger charge is 2.20. The van der Waals surface area contributed by atoms with Gasteiger partial charge in [-0.15, -0.1) is 5.10 Å². The van der Waals surface area contributed by atoms with Gasteiger partial charge in [0.05, 0.1) is 13.4 Å². The molecule has 0 fully saturated rings. The number of nitrogens with one attached hydrogen (secondary N) is 1. The lowest BCUT2D eigenvalue weighted by Crippen LogP contribution is -2.13. The van der Waals surface area contributed by atoms with Crippen molar-refractivity contribution in [3.63, 3.8) is 0 Å². The van der Waals surface area contributed by atoms with E-state index >= 15 is 0 Å². The molecule has 17 heavy (non-hydrogen) atoms. The molecule has 7 nitrogen and oxygen atoms in total. The summed E-state index contributed by atoms with van der Waals surface area (Å²) in [7, 11) is 1.22. The fourth-order valence-corrected chi connectivity index (χ4v) is 1.63. The highest BCUT2D eigenvalue weighted by atomic mass is 32.1. The van der Waals surface area contributed by atoms with E-state index in [0.717, 1.165) is 11.5 Å². The smallest absolute Gasteiger partial charge is 0.361 e. The van der Waals surface area contributed by atoms with Gasteiger partial charge in [0, 0.05) is 11.5 Å². The first-order chi connectivity index (χ1) is 8.22. The number of anilines is 1. The zero-order valence-corrected chi connectivity index (χ0v) is 9.48. The number of amides is 1. The van der Waals surface area contributed by atoms with Crippen LogP contribution in [0.25, 0.3) is 0 Å². The molecule has 1 N–H and O–H groups in total. The number of hydrogen-bond donors (Lipinski definition) is 1. The highest BCUT2D eigenvalue weighted by molar-refractivity contribution is 7.10. The van der Waals surface area contributed by atoms with Crippen molar-refractivity contribution in [2.24, 2.45) is 0 Å². The van der Waals surface area contributed by atoms with E-state index in [1.807, 2.05) is 0 Å². The summed E-state index contributed by atoms with van der Waals surface area (Å²) in [6, 6.07) is 3.09. The monoisotopic (exact) mass is 253 g/mol. The largest absolute Gasteiger partial charge is 0.464 e. The van der Waals surface area contributed by atoms with Crippen LogP contribution in [-0.2, 0) is 4.74 Å². The van der Waals surface area contributed by atoms with Crippen LogP contribution in [0, 0.1) is 0 Å². The predicted molar refractivity (Wildman–Crippen MR) is 57.9 cm³/mol. The van der Waals surface area contributed by atoms with Gasteiger partial charge < -0.3 is 14.5 Å². The number of methoxy groups -OCH3 is 1. The second-order valence-electron chi connectivity index (χ2n) is 2.87. The van der Waals surface area contributed by atoms with Crippen LogP contribution in [-0.4, -0.2) is 28.6 Å². The lowest BCUT2D eigenvalue weighted by molar-refractivity contribution is 0.0595. The van der Waals surface area contributed by atoms with E-state index in [2.05, 4.69) is 19.6 Å². The zero-order valence-electron chi connectivity index (χ0n) is 8.67. The van der Waals surface area contributed by atoms with Crippen LogP contribution in [0.5, 0.6) is 0 Å². The molecule has 2 rings (SSSR count). The Morgan fingerprint density at radius 2 is 2.35 bits per heavy atom. The summed E-state index contributed by atoms with van der Waals surface area (Å²) in [5.41, 5.74) is -0.0302. The number of carbonyl (C=O) groups is 2. The number of carbonyl (C=O) groups excluding carboxylic acids is 2. The Bertz CT molecular complexity index is 534. The number of nitrogens with zero attached hydrogens (tertiary/aromatic N) is 2. The van der Waals surface area contributed by atoms with Gasteiger partial charge in [0.2, 0.25) is 5.69 Å². The Labute approximate surface area is 99.6 Å². The van der Waals surface area contributed by atoms with Crippen LogP contribution >= 0.6 is 11.5 Å². The van der Waals surface area contributed by atoms with E-state index in [9.17, 15) is 9.59 Å². The van der Waals surface area contributed by atoms with Gasteiger partial charge in [-0.05, 0) is 12.1 Å². The van der Waals surface area contributed by atoms with Crippen LogP contribution in [0.1, 0.15) is 21.0 Å². The first-order valence-corrected chi connectivity index (χ1v) is 5.25. The van der Waals surface area contributed by atoms with Crippen molar-refractivity contribution in [1.29, 1.82) is 0 Å². The lowest BCUT2D eigenvalue weighted by atomic mass is 10.4. The van der Waals surface area contributed by atoms with Gasteiger partial charge in [-0.3, -0.25) is 4.79 Å². The molecule has 0 aliphatic heterocycles. The SMILES string of the molecule is COC(=O)c1nnsc1NC(=O)c1ccco1. The molecule has 8 heteroatoms. The van der Waals surface area contributed by atoms with Crippen LogP contribution in [0.15, 0.2) is 22.8 Å². The first-order valence-electron chi connectivity index (χ1n) is 4.48. The summed E-state index contributed by atoms with van der Waals surface area (Å²) in [5.74, 6) is -1.01. The third-order valence-electron chi connectivity index (χ3n) is 1.84. The van der Waals surface area contributed by atoms with Crippen LogP contribution in [0.3, 0.4) is 0 Å². The van der Waals surface area contributed by atoms with Crippen molar-refractivity contribution in [2.45, 2.75) is 0 Å². The van der Waals surface area contributed by atoms with E-state index in [-0.39, 0.29) is 16.5 Å². The van der Waals surface area contributed by atoms with Crippen molar-refractivity contribution in [1.82, 2.24) is 9.59 Å². The zero-order chi connectivity index (χ0) is 12.3. The molecule has 0 saturated heterocycles. The molecule has 0 aromatic carbocycles. The Morgan fingerprint density at radius 1 is 1.53 bits per heavy atom. The molecule has 0 bridgehead atoms. The van der Waals surface area contributed by atoms with E-state index < -0.39 is 11.9 Å². The minimum atomic E-state index is -0.659. The Kier molecular flexibility index (Phi) is 3.15. The van der Waals surface area contributed by atoms with Gasteiger partial charge in [0.15, 0.2) is 10.8 Å². The van der Waals surface area contributed by atoms with Crippen molar-refractivity contribution >= 4 is 28.4 Å². The molecule has 2 aromatic rings. The van der Waals surface area contributed by atoms with Crippen molar-refractivity contribution in [3.05, 3.63) is 29.9 Å². The molecule has 0 aliphatic carbocycles. The summed E-state index contributed by atoms with van der Waals surface area (Å²) < 4.78 is 13.0. The van der Waals surface area contributed by atoms with Gasteiger partial charge in [-0.1, -0.05) is 4.49 Å². The van der Waals surface area contributed by atoms with E-state index in [1.165, 1.54) is 19.4 Å². The second-order valence-corrected chi connectivity index (χ2v) is 3.63. The number of hydrogen-bond acceptors (Lipinski definition) is 7. The minimum Gasteiger partial charge on any atom is -0.464 e. The molecule has 0 saturated carbocycles. The maximum atomic E-state index is 11.6. The van der Waals surface area contributed by atoms with Crippen LogP contribution in [0.4, 0.5) is 5.00 Å². The molecule has 0 radical (unpaired) electrons. The van der Waals surface area contributed by atoms with Gasteiger partial charge >= 0.3 is 5.97 Å². The van der Waals surface area contributed by atoms with Crippen molar-refractivity contribution in [3.8, 4) is 0 Å². The predicted octanol–water partition coefficient (Wildman–Crippen LogP) is 1.17. The number of aromatic nitrogens is 2. The molecule has 0 aliphatic rings. The Morgan fingerprint density at radius 3 is 3.00 bits per heavy atom. The quantitative estimate of drug-likeness (QED) is 0.825. The van der Waals surface area contributed by atoms with Gasteiger partial charge in [-0.25, -0.2) is 4.79 Å². The fraction of sp³-hybridized carbons (Fsp3) is 0.111. The first kappa shape index (κ1) is 11.3. The fourth-order valence-electron chi connectivity index (χ4n) is 1.08. The highest BCUT2D eigenvalue weighted by Crippen LogP contribution is 2.19. The van der Waals surface area contributed by atoms with E-state index in [4.69, 9.17) is 4.42 Å². The lowest BCUT2D eigenvalue weighted by Gasteiger charge is -2.00. The molecular weight excluding hydrogens is 246 g/mol. The average molecular weight is 253 g/mol. The standard InChI is InChI=1S/C9H7N3O4S/c1-15-9(14)6-8(17-12-11-6)10-7(13)5-3-2-4-16-5/h2-4H,1H3,(H,10,13). The van der Waals surface area contributed by atoms with Crippen LogP contribution in [0.2, 0.25) is 0 Å². The van der Waals surface area contributed by atoms with Gasteiger partial charge in [-0.2, -0.15) is 0 Å². The maximum Gasteiger partial charge on any atom is 0.361 e. The summed E-state index contributed by atoms with van der Waals surface area (Å²) >= 11 is 0.883. The number of ether oxygens (including phenoxy) is 1. The molecule has 88 valence electrons. The van der Waals surface area contributed by atoms with Gasteiger partial charge in [0.25, 0.3) is 5.91 Å². The third-order valence-corrected chi connectivity index (χ3v) is 2.48. The van der Waals surface area contributed by atoms with E-state index in [1.54, 1.807) is 6.07 Å². The molecule has 0 atom stereocenters. The van der Waals surface area contributed by atoms with Gasteiger partial charge in [0.1, 0.15) is 0 Å². The summed E-state index contributed by atoms with van der Waals surface area (Å²) in [4.78, 5) is 22.9. The molecule has 0 spiro atoms. The molecular formula is C9H7N3O4S. The van der Waals surface area contributed by atoms with E-state index in [0.29, 0.717) is 0 Å². The topological polar surface area (TPSA) is 94.3 Å². The normalized spacial score (nSPS) is 9.94. The van der Waals surface area contributed by atoms with Crippen LogP contribution < -0.4 is 5.32 Å². The second kappa shape index (κ2) is 4.74. The van der Waals surface area contributed by atoms with Crippen molar-refractivity contribution < 1.29 is 18.7 Å². The minimum absolute atomic E-state index is 0.0302. The average Bonchev–Trinajstić information content (AvgIpc) is 2.98. The maximum absolute atomic E-state index is 11.6.